The number of nitrogens with two attached hydrogens (primary N) is 1. The van der Waals surface area contributed by atoms with Crippen LogP contribution in [0.2, 0.25) is 0 Å². The van der Waals surface area contributed by atoms with Gasteiger partial charge in [0, 0.05) is 31.4 Å². The van der Waals surface area contributed by atoms with Crippen molar-refractivity contribution in [3.8, 4) is 11.5 Å². The first-order valence-corrected chi connectivity index (χ1v) is 8.60. The lowest BCUT2D eigenvalue weighted by Crippen LogP contribution is -2.34. The molecule has 1 aromatic heterocycles. The second kappa shape index (κ2) is 7.82. The van der Waals surface area contributed by atoms with Crippen LogP contribution in [0.4, 0.5) is 5.69 Å². The van der Waals surface area contributed by atoms with E-state index >= 15 is 0 Å². The van der Waals surface area contributed by atoms with Crippen LogP contribution in [-0.2, 0) is 0 Å². The molecule has 0 bridgehead atoms. The smallest absolute Gasteiger partial charge is 0.253 e. The molecular weight excluding hydrogens is 328 g/mol. The number of carbonyl (C=O) groups is 1. The molecule has 0 saturated carbocycles. The molecule has 0 saturated heterocycles. The van der Waals surface area contributed by atoms with Crippen LogP contribution in [0.1, 0.15) is 30.1 Å². The van der Waals surface area contributed by atoms with Gasteiger partial charge in [-0.2, -0.15) is 0 Å². The number of rotatable bonds is 6. The summed E-state index contributed by atoms with van der Waals surface area (Å²) >= 11 is 0. The highest BCUT2D eigenvalue weighted by atomic mass is 16.3. The van der Waals surface area contributed by atoms with E-state index in [1.54, 1.807) is 37.5 Å². The number of nitrogen functional groups attached to an aromatic ring is 1. The molecule has 134 valence electrons. The Morgan fingerprint density at radius 3 is 2.85 bits per heavy atom. The lowest BCUT2D eigenvalue weighted by atomic mass is 10.1. The van der Waals surface area contributed by atoms with Gasteiger partial charge >= 0.3 is 0 Å². The van der Waals surface area contributed by atoms with Gasteiger partial charge in [-0.1, -0.05) is 25.1 Å². The number of aromatic nitrogens is 1. The van der Waals surface area contributed by atoms with Gasteiger partial charge in [0.1, 0.15) is 5.52 Å². The van der Waals surface area contributed by atoms with Gasteiger partial charge in [-0.25, -0.2) is 4.98 Å². The molecule has 1 unspecified atom stereocenters. The van der Waals surface area contributed by atoms with Crippen molar-refractivity contribution in [1.29, 1.82) is 0 Å². The van der Waals surface area contributed by atoms with Gasteiger partial charge in [0.25, 0.3) is 5.91 Å². The Balaban J connectivity index is 1.94. The predicted molar refractivity (Wildman–Crippen MR) is 104 cm³/mol. The van der Waals surface area contributed by atoms with E-state index in [9.17, 15) is 4.79 Å². The summed E-state index contributed by atoms with van der Waals surface area (Å²) in [4.78, 5) is 21.3. The zero-order valence-electron chi connectivity index (χ0n) is 14.9. The first-order chi connectivity index (χ1) is 12.6. The molecule has 0 aliphatic heterocycles. The number of amides is 1. The summed E-state index contributed by atoms with van der Waals surface area (Å²) in [6.45, 7) is 2.03. The molecule has 6 heteroatoms. The molecule has 2 aromatic carbocycles. The zero-order valence-corrected chi connectivity index (χ0v) is 14.9. The second-order valence-electron chi connectivity index (χ2n) is 6.01. The molecule has 6 nitrogen and oxygen atoms in total. The number of anilines is 1. The fourth-order valence-corrected chi connectivity index (χ4v) is 2.76. The van der Waals surface area contributed by atoms with Crippen LogP contribution in [0, 0.1) is 0 Å². The van der Waals surface area contributed by atoms with Gasteiger partial charge in [0.15, 0.2) is 5.58 Å². The third-order valence-corrected chi connectivity index (χ3v) is 4.26. The van der Waals surface area contributed by atoms with E-state index < -0.39 is 0 Å². The number of aliphatic imine (C=N–C) groups is 1. The third-order valence-electron chi connectivity index (χ3n) is 4.26. The van der Waals surface area contributed by atoms with Crippen LogP contribution in [0.3, 0.4) is 0 Å². The van der Waals surface area contributed by atoms with Crippen LogP contribution in [0.5, 0.6) is 0 Å². The van der Waals surface area contributed by atoms with Gasteiger partial charge in [0.05, 0.1) is 11.1 Å². The minimum Gasteiger partial charge on any atom is -0.436 e. The molecule has 0 aliphatic carbocycles. The summed E-state index contributed by atoms with van der Waals surface area (Å²) in [5.74, 6) is 0.233. The van der Waals surface area contributed by atoms with E-state index in [1.807, 2.05) is 25.1 Å². The highest BCUT2D eigenvalue weighted by Gasteiger charge is 2.18. The predicted octanol–water partition coefficient (Wildman–Crippen LogP) is 3.68. The van der Waals surface area contributed by atoms with Crippen molar-refractivity contribution in [1.82, 2.24) is 10.3 Å². The highest BCUT2D eigenvalue weighted by Crippen LogP contribution is 2.29. The average molecular weight is 350 g/mol. The standard InChI is InChI=1S/C20H22N4O2/c1-3-13(11-12-22-2)23-19(25)15-8-6-10-17-18(15)24-20(26-17)14-7-4-5-9-16(14)21/h4-10,12-13H,3,11,21H2,1-2H3,(H,23,25). The summed E-state index contributed by atoms with van der Waals surface area (Å²) in [7, 11) is 1.72. The normalized spacial score (nSPS) is 12.5. The molecule has 26 heavy (non-hydrogen) atoms. The van der Waals surface area contributed by atoms with Crippen molar-refractivity contribution in [2.45, 2.75) is 25.8 Å². The Morgan fingerprint density at radius 1 is 1.31 bits per heavy atom. The minimum atomic E-state index is -0.173. The first kappa shape index (κ1) is 17.7. The number of hydrogen-bond donors (Lipinski definition) is 2. The number of hydrogen-bond acceptors (Lipinski definition) is 5. The summed E-state index contributed by atoms with van der Waals surface area (Å²) < 4.78 is 5.83. The quantitative estimate of drug-likeness (QED) is 0.524. The lowest BCUT2D eigenvalue weighted by Gasteiger charge is -2.14. The third kappa shape index (κ3) is 3.59. The molecule has 0 fully saturated rings. The van der Waals surface area contributed by atoms with Crippen LogP contribution in [-0.4, -0.2) is 30.2 Å². The van der Waals surface area contributed by atoms with Crippen LogP contribution in [0.25, 0.3) is 22.6 Å². The summed E-state index contributed by atoms with van der Waals surface area (Å²) in [6.07, 6.45) is 3.32. The molecule has 3 N–H and O–H groups in total. The molecule has 0 radical (unpaired) electrons. The SMILES string of the molecule is CCC(CC=NC)NC(=O)c1cccc2oc(-c3ccccc3N)nc12. The van der Waals surface area contributed by atoms with Crippen molar-refractivity contribution in [3.05, 3.63) is 48.0 Å². The number of nitrogens with one attached hydrogen (secondary N) is 1. The van der Waals surface area contributed by atoms with Gasteiger partial charge in [-0.3, -0.25) is 4.79 Å². The molecule has 3 aromatic rings. The molecule has 1 amide bonds. The topological polar surface area (TPSA) is 93.5 Å². The lowest BCUT2D eigenvalue weighted by molar-refractivity contribution is 0.0939. The average Bonchev–Trinajstić information content (AvgIpc) is 3.09. The fraction of sp³-hybridized carbons (Fsp3) is 0.250. The summed E-state index contributed by atoms with van der Waals surface area (Å²) in [5.41, 5.74) is 8.87. The highest BCUT2D eigenvalue weighted by molar-refractivity contribution is 6.05. The minimum absolute atomic E-state index is 0.0256. The summed E-state index contributed by atoms with van der Waals surface area (Å²) in [5, 5.41) is 3.03. The molecule has 1 atom stereocenters. The van der Waals surface area contributed by atoms with Crippen molar-refractivity contribution >= 4 is 28.9 Å². The number of para-hydroxylation sites is 2. The largest absolute Gasteiger partial charge is 0.436 e. The molecule has 0 spiro atoms. The van der Waals surface area contributed by atoms with E-state index in [1.165, 1.54) is 0 Å². The van der Waals surface area contributed by atoms with Gasteiger partial charge < -0.3 is 20.5 Å². The Morgan fingerprint density at radius 2 is 2.12 bits per heavy atom. The number of fused-ring (bicyclic) bond motifs is 1. The van der Waals surface area contributed by atoms with E-state index in [0.717, 1.165) is 6.42 Å². The van der Waals surface area contributed by atoms with Crippen molar-refractivity contribution in [2.75, 3.05) is 12.8 Å². The van der Waals surface area contributed by atoms with Gasteiger partial charge in [0.2, 0.25) is 5.89 Å². The monoisotopic (exact) mass is 350 g/mol. The second-order valence-corrected chi connectivity index (χ2v) is 6.01. The molecule has 0 aliphatic rings. The Bertz CT molecular complexity index is 946. The fourth-order valence-electron chi connectivity index (χ4n) is 2.76. The van der Waals surface area contributed by atoms with E-state index in [-0.39, 0.29) is 11.9 Å². The zero-order chi connectivity index (χ0) is 18.5. The van der Waals surface area contributed by atoms with Crippen LogP contribution < -0.4 is 11.1 Å². The number of benzene rings is 2. The Kier molecular flexibility index (Phi) is 5.31. The summed E-state index contributed by atoms with van der Waals surface area (Å²) in [6, 6.07) is 12.7. The van der Waals surface area contributed by atoms with E-state index in [2.05, 4.69) is 15.3 Å². The maximum atomic E-state index is 12.7. The van der Waals surface area contributed by atoms with Crippen molar-refractivity contribution in [2.24, 2.45) is 4.99 Å². The van der Waals surface area contributed by atoms with Gasteiger partial charge in [-0.05, 0) is 30.7 Å². The number of nitrogens with zero attached hydrogens (tertiary/aromatic N) is 2. The maximum Gasteiger partial charge on any atom is 0.253 e. The first-order valence-electron chi connectivity index (χ1n) is 8.60. The molecule has 1 heterocycles. The Hall–Kier alpha value is -3.15. The van der Waals surface area contributed by atoms with Crippen molar-refractivity contribution in [3.63, 3.8) is 0 Å². The Labute approximate surface area is 152 Å². The number of oxazole rings is 1. The van der Waals surface area contributed by atoms with E-state index in [4.69, 9.17) is 10.2 Å². The molecular formula is C20H22N4O2. The maximum absolute atomic E-state index is 12.7. The molecule has 3 rings (SSSR count). The van der Waals surface area contributed by atoms with Crippen molar-refractivity contribution < 1.29 is 9.21 Å². The number of carbonyl (C=O) groups excluding carboxylic acids is 1. The van der Waals surface area contributed by atoms with Crippen LogP contribution >= 0.6 is 0 Å². The van der Waals surface area contributed by atoms with Gasteiger partial charge in [-0.15, -0.1) is 0 Å². The van der Waals surface area contributed by atoms with E-state index in [0.29, 0.717) is 40.2 Å². The van der Waals surface area contributed by atoms with Crippen LogP contribution in [0.15, 0.2) is 51.9 Å².